The molecule has 0 fully saturated rings. The SMILES string of the molecule is Cc1ccc(-n2ccnc2SCC(=O)Nc2ccc(C)c(S(N)(=O)=O)c2)cc1C. The summed E-state index contributed by atoms with van der Waals surface area (Å²) in [6.45, 7) is 5.75. The summed E-state index contributed by atoms with van der Waals surface area (Å²) in [5, 5.41) is 8.61. The highest BCUT2D eigenvalue weighted by Crippen LogP contribution is 2.23. The van der Waals surface area contributed by atoms with E-state index in [1.807, 2.05) is 29.8 Å². The second-order valence-electron chi connectivity index (χ2n) is 6.71. The first-order valence-corrected chi connectivity index (χ1v) is 11.4. The van der Waals surface area contributed by atoms with Gasteiger partial charge in [0.1, 0.15) is 0 Å². The van der Waals surface area contributed by atoms with Crippen LogP contribution in [0.2, 0.25) is 0 Å². The highest BCUT2D eigenvalue weighted by molar-refractivity contribution is 7.99. The number of benzene rings is 2. The Hall–Kier alpha value is -2.62. The van der Waals surface area contributed by atoms with Gasteiger partial charge in [-0.05, 0) is 61.7 Å². The molecule has 0 aliphatic heterocycles. The van der Waals surface area contributed by atoms with E-state index in [4.69, 9.17) is 5.14 Å². The van der Waals surface area contributed by atoms with Gasteiger partial charge in [-0.25, -0.2) is 18.5 Å². The molecule has 1 heterocycles. The number of nitrogens with zero attached hydrogens (tertiary/aromatic N) is 2. The molecule has 0 spiro atoms. The monoisotopic (exact) mass is 430 g/mol. The van der Waals surface area contributed by atoms with Gasteiger partial charge in [-0.1, -0.05) is 23.9 Å². The Labute approximate surface area is 174 Å². The summed E-state index contributed by atoms with van der Waals surface area (Å²) in [6, 6.07) is 10.7. The van der Waals surface area contributed by atoms with E-state index < -0.39 is 10.0 Å². The zero-order valence-corrected chi connectivity index (χ0v) is 18.0. The first-order chi connectivity index (χ1) is 13.6. The summed E-state index contributed by atoms with van der Waals surface area (Å²) in [7, 11) is -3.85. The number of amides is 1. The molecule has 0 saturated carbocycles. The van der Waals surface area contributed by atoms with Gasteiger partial charge in [0, 0.05) is 23.8 Å². The van der Waals surface area contributed by atoms with Gasteiger partial charge >= 0.3 is 0 Å². The number of carbonyl (C=O) groups excluding carboxylic acids is 1. The van der Waals surface area contributed by atoms with Crippen LogP contribution in [0, 0.1) is 20.8 Å². The number of anilines is 1. The maximum atomic E-state index is 12.4. The number of sulfonamides is 1. The van der Waals surface area contributed by atoms with Crippen molar-refractivity contribution in [3.05, 3.63) is 65.5 Å². The fraction of sp³-hybridized carbons (Fsp3) is 0.200. The van der Waals surface area contributed by atoms with Gasteiger partial charge in [-0.3, -0.25) is 9.36 Å². The lowest BCUT2D eigenvalue weighted by atomic mass is 10.1. The van der Waals surface area contributed by atoms with Crippen molar-refractivity contribution in [2.75, 3.05) is 11.1 Å². The van der Waals surface area contributed by atoms with E-state index in [0.29, 0.717) is 16.4 Å². The molecule has 3 rings (SSSR count). The minimum atomic E-state index is -3.85. The quantitative estimate of drug-likeness (QED) is 0.584. The van der Waals surface area contributed by atoms with E-state index in [2.05, 4.69) is 23.3 Å². The molecule has 0 bridgehead atoms. The molecule has 0 saturated heterocycles. The third kappa shape index (κ3) is 5.06. The van der Waals surface area contributed by atoms with Gasteiger partial charge in [0.15, 0.2) is 5.16 Å². The Bertz CT molecular complexity index is 1170. The number of nitrogens with one attached hydrogen (secondary N) is 1. The first-order valence-electron chi connectivity index (χ1n) is 8.82. The molecule has 3 aromatic rings. The lowest BCUT2D eigenvalue weighted by Crippen LogP contribution is -2.17. The Morgan fingerprint density at radius 1 is 1.10 bits per heavy atom. The highest BCUT2D eigenvalue weighted by atomic mass is 32.2. The first kappa shape index (κ1) is 21.1. The number of carbonyl (C=O) groups is 1. The van der Waals surface area contributed by atoms with Crippen molar-refractivity contribution in [1.82, 2.24) is 9.55 Å². The molecule has 2 aromatic carbocycles. The Kier molecular flexibility index (Phi) is 6.11. The Morgan fingerprint density at radius 3 is 2.52 bits per heavy atom. The fourth-order valence-electron chi connectivity index (χ4n) is 2.78. The van der Waals surface area contributed by atoms with E-state index in [1.54, 1.807) is 25.3 Å². The number of aromatic nitrogens is 2. The highest BCUT2D eigenvalue weighted by Gasteiger charge is 2.14. The second-order valence-corrected chi connectivity index (χ2v) is 9.18. The fourth-order valence-corrected chi connectivity index (χ4v) is 4.36. The van der Waals surface area contributed by atoms with Crippen molar-refractivity contribution in [2.45, 2.75) is 30.8 Å². The smallest absolute Gasteiger partial charge is 0.238 e. The van der Waals surface area contributed by atoms with Crippen LogP contribution in [0.25, 0.3) is 5.69 Å². The summed E-state index contributed by atoms with van der Waals surface area (Å²) in [6.07, 6.45) is 3.54. The van der Waals surface area contributed by atoms with Gasteiger partial charge in [-0.2, -0.15) is 0 Å². The normalized spacial score (nSPS) is 11.4. The van der Waals surface area contributed by atoms with Crippen LogP contribution in [-0.4, -0.2) is 29.6 Å². The van der Waals surface area contributed by atoms with Crippen LogP contribution in [0.5, 0.6) is 0 Å². The zero-order chi connectivity index (χ0) is 21.2. The maximum Gasteiger partial charge on any atom is 0.238 e. The van der Waals surface area contributed by atoms with Crippen molar-refractivity contribution in [3.8, 4) is 5.69 Å². The number of hydrogen-bond donors (Lipinski definition) is 2. The largest absolute Gasteiger partial charge is 0.325 e. The van der Waals surface area contributed by atoms with E-state index in [0.717, 1.165) is 5.69 Å². The van der Waals surface area contributed by atoms with E-state index in [1.165, 1.54) is 29.0 Å². The molecule has 29 heavy (non-hydrogen) atoms. The second kappa shape index (κ2) is 8.40. The standard InChI is InChI=1S/C20H22N4O3S2/c1-13-5-7-17(10-15(13)3)24-9-8-22-20(24)28-12-19(25)23-16-6-4-14(2)18(11-16)29(21,26)27/h4-11H,12H2,1-3H3,(H,23,25)(H2,21,26,27). The van der Waals surface area contributed by atoms with Crippen LogP contribution in [0.15, 0.2) is 58.8 Å². The predicted molar refractivity (Wildman–Crippen MR) is 115 cm³/mol. The van der Waals surface area contributed by atoms with Crippen LogP contribution in [-0.2, 0) is 14.8 Å². The van der Waals surface area contributed by atoms with Crippen LogP contribution in [0.4, 0.5) is 5.69 Å². The van der Waals surface area contributed by atoms with Crippen molar-refractivity contribution in [1.29, 1.82) is 0 Å². The molecule has 0 aliphatic rings. The summed E-state index contributed by atoms with van der Waals surface area (Å²) < 4.78 is 25.2. The maximum absolute atomic E-state index is 12.4. The van der Waals surface area contributed by atoms with E-state index in [9.17, 15) is 13.2 Å². The van der Waals surface area contributed by atoms with Crippen LogP contribution < -0.4 is 10.5 Å². The molecule has 0 aliphatic carbocycles. The van der Waals surface area contributed by atoms with Crippen molar-refractivity contribution in [2.24, 2.45) is 5.14 Å². The summed E-state index contributed by atoms with van der Waals surface area (Å²) in [5.41, 5.74) is 4.26. The molecular formula is C20H22N4O3S2. The summed E-state index contributed by atoms with van der Waals surface area (Å²) in [4.78, 5) is 16.7. The van der Waals surface area contributed by atoms with Gasteiger partial charge in [-0.15, -0.1) is 0 Å². The molecule has 9 heteroatoms. The molecule has 1 amide bonds. The molecule has 0 unspecified atom stereocenters. The number of primary sulfonamides is 1. The third-order valence-electron chi connectivity index (χ3n) is 4.49. The van der Waals surface area contributed by atoms with Gasteiger partial charge in [0.2, 0.25) is 15.9 Å². The van der Waals surface area contributed by atoms with Gasteiger partial charge < -0.3 is 5.32 Å². The van der Waals surface area contributed by atoms with Crippen molar-refractivity contribution < 1.29 is 13.2 Å². The molecule has 1 aromatic heterocycles. The molecule has 0 atom stereocenters. The number of rotatable bonds is 6. The van der Waals surface area contributed by atoms with Gasteiger partial charge in [0.25, 0.3) is 0 Å². The Morgan fingerprint density at radius 2 is 1.83 bits per heavy atom. The predicted octanol–water partition coefficient (Wildman–Crippen LogP) is 3.18. The minimum Gasteiger partial charge on any atom is -0.325 e. The van der Waals surface area contributed by atoms with Crippen LogP contribution >= 0.6 is 11.8 Å². The van der Waals surface area contributed by atoms with E-state index in [-0.39, 0.29) is 16.6 Å². The van der Waals surface area contributed by atoms with Crippen molar-refractivity contribution >= 4 is 33.4 Å². The topological polar surface area (TPSA) is 107 Å². The number of hydrogen-bond acceptors (Lipinski definition) is 5. The lowest BCUT2D eigenvalue weighted by Gasteiger charge is -2.11. The number of nitrogens with two attached hydrogens (primary N) is 1. The average Bonchev–Trinajstić information content (AvgIpc) is 3.11. The molecular weight excluding hydrogens is 408 g/mol. The van der Waals surface area contributed by atoms with Gasteiger partial charge in [0.05, 0.1) is 10.6 Å². The summed E-state index contributed by atoms with van der Waals surface area (Å²) >= 11 is 1.30. The summed E-state index contributed by atoms with van der Waals surface area (Å²) in [5.74, 6) is -0.144. The van der Waals surface area contributed by atoms with Crippen LogP contribution in [0.3, 0.4) is 0 Å². The minimum absolute atomic E-state index is 0.00626. The molecule has 0 radical (unpaired) electrons. The molecule has 7 nitrogen and oxygen atoms in total. The van der Waals surface area contributed by atoms with Crippen molar-refractivity contribution in [3.63, 3.8) is 0 Å². The van der Waals surface area contributed by atoms with Crippen LogP contribution in [0.1, 0.15) is 16.7 Å². The zero-order valence-electron chi connectivity index (χ0n) is 16.3. The third-order valence-corrected chi connectivity index (χ3v) is 6.51. The average molecular weight is 431 g/mol. The molecule has 3 N–H and O–H groups in total. The molecule has 152 valence electrons. The Balaban J connectivity index is 1.70. The number of thioether (sulfide) groups is 1. The lowest BCUT2D eigenvalue weighted by molar-refractivity contribution is -0.113. The number of imidazole rings is 1. The van der Waals surface area contributed by atoms with E-state index >= 15 is 0 Å². The number of aryl methyl sites for hydroxylation is 3.